The van der Waals surface area contributed by atoms with Gasteiger partial charge in [0.25, 0.3) is 0 Å². The van der Waals surface area contributed by atoms with Gasteiger partial charge in [0.05, 0.1) is 16.6 Å². The Labute approximate surface area is 108 Å². The first-order valence-electron chi connectivity index (χ1n) is 5.60. The molecule has 6 nitrogen and oxygen atoms in total. The van der Waals surface area contributed by atoms with Gasteiger partial charge in [-0.1, -0.05) is 35.1 Å². The number of oxime groups is 1. The molecule has 92 valence electrons. The minimum Gasteiger partial charge on any atom is -0.411 e. The molecule has 0 spiro atoms. The lowest BCUT2D eigenvalue weighted by atomic mass is 9.97. The first kappa shape index (κ1) is 11.2. The summed E-state index contributed by atoms with van der Waals surface area (Å²) in [6.45, 7) is 0. The molecule has 18 heavy (non-hydrogen) atoms. The Bertz CT molecular complexity index is 568. The number of para-hydroxylation sites is 1. The van der Waals surface area contributed by atoms with Gasteiger partial charge < -0.3 is 5.21 Å². The number of hydrogen-bond acceptors (Lipinski definition) is 6. The van der Waals surface area contributed by atoms with Crippen LogP contribution in [0.4, 0.5) is 0 Å². The zero-order chi connectivity index (χ0) is 12.4. The second kappa shape index (κ2) is 4.77. The summed E-state index contributed by atoms with van der Waals surface area (Å²) < 4.78 is 1.69. The van der Waals surface area contributed by atoms with Gasteiger partial charge in [0, 0.05) is 0 Å². The van der Waals surface area contributed by atoms with Crippen molar-refractivity contribution in [2.75, 3.05) is 0 Å². The van der Waals surface area contributed by atoms with Crippen molar-refractivity contribution in [3.63, 3.8) is 0 Å². The molecule has 1 aliphatic carbocycles. The lowest BCUT2D eigenvalue weighted by Gasteiger charge is -2.25. The Hall–Kier alpha value is -1.89. The lowest BCUT2D eigenvalue weighted by molar-refractivity contribution is 0.313. The minimum atomic E-state index is 0.184. The smallest absolute Gasteiger partial charge is 0.214 e. The van der Waals surface area contributed by atoms with E-state index in [0.29, 0.717) is 5.16 Å². The van der Waals surface area contributed by atoms with Crippen LogP contribution in [0.15, 0.2) is 40.6 Å². The molecule has 0 aliphatic heterocycles. The summed E-state index contributed by atoms with van der Waals surface area (Å²) in [5.74, 6) is 0. The maximum Gasteiger partial charge on any atom is 0.214 e. The van der Waals surface area contributed by atoms with Crippen molar-refractivity contribution in [3.8, 4) is 5.69 Å². The Morgan fingerprint density at radius 3 is 2.83 bits per heavy atom. The van der Waals surface area contributed by atoms with Crippen LogP contribution < -0.4 is 0 Å². The van der Waals surface area contributed by atoms with Gasteiger partial charge in [0.2, 0.25) is 5.16 Å². The summed E-state index contributed by atoms with van der Waals surface area (Å²) in [6.07, 6.45) is 1.84. The van der Waals surface area contributed by atoms with E-state index in [1.807, 2.05) is 30.3 Å². The van der Waals surface area contributed by atoms with Crippen LogP contribution >= 0.6 is 11.8 Å². The van der Waals surface area contributed by atoms with Crippen molar-refractivity contribution in [2.45, 2.75) is 23.2 Å². The molecular weight excluding hydrogens is 250 g/mol. The molecule has 1 aliphatic rings. The van der Waals surface area contributed by atoms with Gasteiger partial charge in [-0.15, -0.1) is 5.10 Å². The maximum absolute atomic E-state index is 8.79. The highest BCUT2D eigenvalue weighted by molar-refractivity contribution is 8.00. The van der Waals surface area contributed by atoms with E-state index in [9.17, 15) is 0 Å². The average Bonchev–Trinajstić information content (AvgIpc) is 2.84. The van der Waals surface area contributed by atoms with Gasteiger partial charge in [0.1, 0.15) is 0 Å². The number of benzene rings is 1. The van der Waals surface area contributed by atoms with Crippen LogP contribution in [0.25, 0.3) is 5.69 Å². The van der Waals surface area contributed by atoms with E-state index in [1.54, 1.807) is 4.68 Å². The van der Waals surface area contributed by atoms with Crippen LogP contribution in [0.5, 0.6) is 0 Å². The fraction of sp³-hybridized carbons (Fsp3) is 0.273. The Morgan fingerprint density at radius 2 is 2.17 bits per heavy atom. The molecule has 0 radical (unpaired) electrons. The fourth-order valence-corrected chi connectivity index (χ4v) is 2.86. The molecule has 3 rings (SSSR count). The number of tetrazole rings is 1. The predicted molar refractivity (Wildman–Crippen MR) is 67.3 cm³/mol. The highest BCUT2D eigenvalue weighted by atomic mass is 32.2. The van der Waals surface area contributed by atoms with E-state index in [1.165, 1.54) is 11.8 Å². The Morgan fingerprint density at radius 1 is 1.33 bits per heavy atom. The van der Waals surface area contributed by atoms with Gasteiger partial charge in [-0.3, -0.25) is 0 Å². The standard InChI is InChI=1S/C11H11N5OS/c17-13-9-6-7-10(9)18-11-12-14-15-16(11)8-4-2-1-3-5-8/h1-5,10,17H,6-7H2. The molecule has 1 saturated carbocycles. The van der Waals surface area contributed by atoms with Crippen LogP contribution in [0, 0.1) is 0 Å². The Balaban J connectivity index is 1.84. The number of aromatic nitrogens is 4. The van der Waals surface area contributed by atoms with Crippen LogP contribution in [-0.4, -0.2) is 36.4 Å². The molecule has 1 unspecified atom stereocenters. The highest BCUT2D eigenvalue weighted by Crippen LogP contribution is 2.33. The first-order valence-corrected chi connectivity index (χ1v) is 6.48. The van der Waals surface area contributed by atoms with Crippen molar-refractivity contribution in [1.82, 2.24) is 20.2 Å². The molecule has 1 aromatic carbocycles. The van der Waals surface area contributed by atoms with Gasteiger partial charge in [0.15, 0.2) is 0 Å². The average molecular weight is 261 g/mol. The van der Waals surface area contributed by atoms with Gasteiger partial charge in [-0.25, -0.2) is 0 Å². The second-order valence-corrected chi connectivity index (χ2v) is 5.12. The van der Waals surface area contributed by atoms with Crippen LogP contribution in [0.1, 0.15) is 12.8 Å². The molecule has 1 atom stereocenters. The van der Waals surface area contributed by atoms with Crippen molar-refractivity contribution >= 4 is 17.5 Å². The zero-order valence-electron chi connectivity index (χ0n) is 9.47. The summed E-state index contributed by atoms with van der Waals surface area (Å²) in [5, 5.41) is 24.7. The summed E-state index contributed by atoms with van der Waals surface area (Å²) in [4.78, 5) is 0. The molecule has 0 amide bonds. The molecule has 1 N–H and O–H groups in total. The normalized spacial score (nSPS) is 20.9. The summed E-state index contributed by atoms with van der Waals surface area (Å²) in [6, 6.07) is 9.72. The van der Waals surface area contributed by atoms with Crippen LogP contribution in [0.3, 0.4) is 0 Å². The topological polar surface area (TPSA) is 76.2 Å². The molecule has 0 saturated heterocycles. The largest absolute Gasteiger partial charge is 0.411 e. The van der Waals surface area contributed by atoms with E-state index in [0.717, 1.165) is 24.2 Å². The Kier molecular flexibility index (Phi) is 2.97. The van der Waals surface area contributed by atoms with E-state index in [2.05, 4.69) is 20.7 Å². The van der Waals surface area contributed by atoms with Crippen molar-refractivity contribution < 1.29 is 5.21 Å². The van der Waals surface area contributed by atoms with E-state index in [-0.39, 0.29) is 5.25 Å². The van der Waals surface area contributed by atoms with Crippen molar-refractivity contribution in [2.24, 2.45) is 5.16 Å². The molecule has 2 aromatic rings. The van der Waals surface area contributed by atoms with Crippen LogP contribution in [0.2, 0.25) is 0 Å². The predicted octanol–water partition coefficient (Wildman–Crippen LogP) is 1.75. The fourth-order valence-electron chi connectivity index (χ4n) is 1.74. The summed E-state index contributed by atoms with van der Waals surface area (Å²) >= 11 is 1.53. The van der Waals surface area contributed by atoms with Gasteiger partial charge in [-0.2, -0.15) is 4.68 Å². The molecule has 7 heteroatoms. The molecule has 0 bridgehead atoms. The monoisotopic (exact) mass is 261 g/mol. The quantitative estimate of drug-likeness (QED) is 0.673. The van der Waals surface area contributed by atoms with E-state index in [4.69, 9.17) is 5.21 Å². The van der Waals surface area contributed by atoms with Gasteiger partial charge in [-0.05, 0) is 35.4 Å². The molecule has 1 fully saturated rings. The minimum absolute atomic E-state index is 0.184. The van der Waals surface area contributed by atoms with E-state index >= 15 is 0 Å². The third-order valence-corrected chi connectivity index (χ3v) is 4.11. The van der Waals surface area contributed by atoms with Crippen molar-refractivity contribution in [3.05, 3.63) is 30.3 Å². The van der Waals surface area contributed by atoms with Gasteiger partial charge >= 0.3 is 0 Å². The third kappa shape index (κ3) is 1.97. The summed E-state index contributed by atoms with van der Waals surface area (Å²) in [5.41, 5.74) is 1.73. The molecule has 1 aromatic heterocycles. The maximum atomic E-state index is 8.79. The highest BCUT2D eigenvalue weighted by Gasteiger charge is 2.29. The number of rotatable bonds is 3. The molecule has 1 heterocycles. The summed E-state index contributed by atoms with van der Waals surface area (Å²) in [7, 11) is 0. The van der Waals surface area contributed by atoms with Crippen molar-refractivity contribution in [1.29, 1.82) is 0 Å². The SMILES string of the molecule is ON=C1CCC1Sc1nnnn1-c1ccccc1. The number of hydrogen-bond donors (Lipinski definition) is 1. The first-order chi connectivity index (χ1) is 8.88. The zero-order valence-corrected chi connectivity index (χ0v) is 10.3. The molecular formula is C11H11N5OS. The van der Waals surface area contributed by atoms with Crippen LogP contribution in [-0.2, 0) is 0 Å². The number of thioether (sulfide) groups is 1. The lowest BCUT2D eigenvalue weighted by Crippen LogP contribution is -2.29. The second-order valence-electron chi connectivity index (χ2n) is 3.95. The number of nitrogens with zero attached hydrogens (tertiary/aromatic N) is 5. The third-order valence-electron chi connectivity index (χ3n) is 2.85. The van der Waals surface area contributed by atoms with E-state index < -0.39 is 0 Å².